The monoisotopic (exact) mass is 398 g/mol. The highest BCUT2D eigenvalue weighted by atomic mass is 16.5. The maximum atomic E-state index is 12.8. The number of aryl methyl sites for hydroxylation is 1. The Bertz CT molecular complexity index is 1130. The minimum Gasteiger partial charge on any atom is -0.488 e. The second-order valence-corrected chi connectivity index (χ2v) is 7.40. The topological polar surface area (TPSA) is 43.3 Å². The third kappa shape index (κ3) is 4.23. The molecule has 1 atom stereocenters. The third-order valence-electron chi connectivity index (χ3n) is 5.39. The van der Waals surface area contributed by atoms with Crippen molar-refractivity contribution in [3.05, 3.63) is 96.2 Å². The van der Waals surface area contributed by atoms with Crippen LogP contribution in [0.3, 0.4) is 0 Å². The predicted octanol–water partition coefficient (Wildman–Crippen LogP) is 5.98. The minimum atomic E-state index is -0.349. The molecular formula is C26H26N2O2. The summed E-state index contributed by atoms with van der Waals surface area (Å²) in [5, 5.41) is 4.02. The van der Waals surface area contributed by atoms with Gasteiger partial charge in [-0.05, 0) is 54.8 Å². The van der Waals surface area contributed by atoms with Crippen molar-refractivity contribution in [2.45, 2.75) is 32.9 Å². The van der Waals surface area contributed by atoms with Crippen LogP contribution in [0.5, 0.6) is 5.75 Å². The molecule has 1 N–H and O–H groups in total. The maximum Gasteiger partial charge on any atom is 0.247 e. The Labute approximate surface area is 177 Å². The van der Waals surface area contributed by atoms with E-state index in [9.17, 15) is 4.79 Å². The third-order valence-corrected chi connectivity index (χ3v) is 5.39. The number of carbonyl (C=O) groups is 1. The average Bonchev–Trinajstić information content (AvgIpc) is 3.23. The van der Waals surface area contributed by atoms with Gasteiger partial charge in [0.15, 0.2) is 0 Å². The van der Waals surface area contributed by atoms with Crippen LogP contribution in [0.15, 0.2) is 85.1 Å². The first kappa shape index (κ1) is 19.8. The first-order valence-corrected chi connectivity index (χ1v) is 10.3. The lowest BCUT2D eigenvalue weighted by atomic mass is 10.1. The molecule has 4 rings (SSSR count). The van der Waals surface area contributed by atoms with E-state index in [1.807, 2.05) is 96.6 Å². The molecule has 30 heavy (non-hydrogen) atoms. The van der Waals surface area contributed by atoms with E-state index in [2.05, 4.69) is 12.2 Å². The minimum absolute atomic E-state index is 0.0487. The maximum absolute atomic E-state index is 12.8. The number of amides is 1. The lowest BCUT2D eigenvalue weighted by molar-refractivity contribution is -0.118. The fraction of sp³-hybridized carbons (Fsp3) is 0.192. The van der Waals surface area contributed by atoms with Crippen molar-refractivity contribution >= 4 is 22.5 Å². The number of nitrogens with one attached hydrogen (secondary N) is 1. The first-order valence-electron chi connectivity index (χ1n) is 10.3. The van der Waals surface area contributed by atoms with E-state index in [1.165, 1.54) is 5.56 Å². The second-order valence-electron chi connectivity index (χ2n) is 7.40. The molecule has 0 aliphatic heterocycles. The molecule has 0 aliphatic rings. The normalized spacial score (nSPS) is 11.9. The van der Waals surface area contributed by atoms with Crippen LogP contribution in [0.4, 0.5) is 5.69 Å². The molecule has 4 nitrogen and oxygen atoms in total. The summed E-state index contributed by atoms with van der Waals surface area (Å²) in [6, 6.07) is 25.7. The molecule has 4 aromatic rings. The van der Waals surface area contributed by atoms with Crippen molar-refractivity contribution < 1.29 is 9.53 Å². The van der Waals surface area contributed by atoms with Crippen molar-refractivity contribution in [3.8, 4) is 5.75 Å². The second kappa shape index (κ2) is 8.87. The van der Waals surface area contributed by atoms with Crippen LogP contribution in [0.1, 0.15) is 31.0 Å². The molecule has 0 spiro atoms. The molecular weight excluding hydrogens is 372 g/mol. The van der Waals surface area contributed by atoms with Crippen molar-refractivity contribution in [2.24, 2.45) is 0 Å². The summed E-state index contributed by atoms with van der Waals surface area (Å²) in [5.41, 5.74) is 4.16. The zero-order valence-corrected chi connectivity index (χ0v) is 17.3. The van der Waals surface area contributed by atoms with Gasteiger partial charge in [0.2, 0.25) is 5.91 Å². The number of benzene rings is 3. The SMILES string of the molecule is CCc1ccc(NC(=O)C(C)n2ccc3c(OCc4ccccc4)cccc32)cc1. The highest BCUT2D eigenvalue weighted by Crippen LogP contribution is 2.29. The zero-order chi connectivity index (χ0) is 20.9. The zero-order valence-electron chi connectivity index (χ0n) is 17.3. The molecule has 0 fully saturated rings. The number of fused-ring (bicyclic) bond motifs is 1. The highest BCUT2D eigenvalue weighted by molar-refractivity contribution is 5.95. The fourth-order valence-electron chi connectivity index (χ4n) is 3.56. The van der Waals surface area contributed by atoms with Crippen LogP contribution in [-0.2, 0) is 17.8 Å². The van der Waals surface area contributed by atoms with Crippen LogP contribution in [0.25, 0.3) is 10.9 Å². The number of hydrogen-bond donors (Lipinski definition) is 1. The van der Waals surface area contributed by atoms with Crippen LogP contribution in [0.2, 0.25) is 0 Å². The van der Waals surface area contributed by atoms with E-state index >= 15 is 0 Å². The van der Waals surface area contributed by atoms with Crippen molar-refractivity contribution in [2.75, 3.05) is 5.32 Å². The summed E-state index contributed by atoms with van der Waals surface area (Å²) in [6.45, 7) is 4.53. The van der Waals surface area contributed by atoms with Crippen molar-refractivity contribution in [1.82, 2.24) is 4.57 Å². The van der Waals surface area contributed by atoms with Gasteiger partial charge in [0.1, 0.15) is 18.4 Å². The van der Waals surface area contributed by atoms with Crippen LogP contribution in [0, 0.1) is 0 Å². The van der Waals surface area contributed by atoms with E-state index in [0.717, 1.165) is 34.3 Å². The number of carbonyl (C=O) groups excluding carboxylic acids is 1. The number of rotatable bonds is 7. The predicted molar refractivity (Wildman–Crippen MR) is 122 cm³/mol. The van der Waals surface area contributed by atoms with Gasteiger partial charge in [-0.3, -0.25) is 4.79 Å². The lowest BCUT2D eigenvalue weighted by Crippen LogP contribution is -2.23. The summed E-state index contributed by atoms with van der Waals surface area (Å²) in [4.78, 5) is 12.8. The molecule has 0 saturated carbocycles. The van der Waals surface area contributed by atoms with Gasteiger partial charge in [-0.15, -0.1) is 0 Å². The summed E-state index contributed by atoms with van der Waals surface area (Å²) < 4.78 is 8.05. The van der Waals surface area contributed by atoms with Gasteiger partial charge in [0, 0.05) is 17.3 Å². The molecule has 0 aliphatic carbocycles. The standard InChI is InChI=1S/C26H26N2O2/c1-3-20-12-14-22(15-13-20)27-26(29)19(2)28-17-16-23-24(28)10-7-11-25(23)30-18-21-8-5-4-6-9-21/h4-17,19H,3,18H2,1-2H3,(H,27,29). The molecule has 1 aromatic heterocycles. The summed E-state index contributed by atoms with van der Waals surface area (Å²) in [6.07, 6.45) is 2.93. The lowest BCUT2D eigenvalue weighted by Gasteiger charge is -2.16. The van der Waals surface area contributed by atoms with Crippen LogP contribution >= 0.6 is 0 Å². The Morgan fingerprint density at radius 1 is 0.933 bits per heavy atom. The van der Waals surface area contributed by atoms with Gasteiger partial charge in [-0.2, -0.15) is 0 Å². The van der Waals surface area contributed by atoms with E-state index in [-0.39, 0.29) is 11.9 Å². The Morgan fingerprint density at radius 3 is 2.43 bits per heavy atom. The van der Waals surface area contributed by atoms with Gasteiger partial charge < -0.3 is 14.6 Å². The Kier molecular flexibility index (Phi) is 5.84. The largest absolute Gasteiger partial charge is 0.488 e. The molecule has 1 amide bonds. The molecule has 0 saturated heterocycles. The van der Waals surface area contributed by atoms with Gasteiger partial charge in [0.25, 0.3) is 0 Å². The number of nitrogens with zero attached hydrogens (tertiary/aromatic N) is 1. The van der Waals surface area contributed by atoms with E-state index in [4.69, 9.17) is 4.74 Å². The Morgan fingerprint density at radius 2 is 1.70 bits per heavy atom. The van der Waals surface area contributed by atoms with Gasteiger partial charge >= 0.3 is 0 Å². The molecule has 0 radical (unpaired) electrons. The summed E-state index contributed by atoms with van der Waals surface area (Å²) >= 11 is 0. The van der Waals surface area contributed by atoms with Gasteiger partial charge in [-0.25, -0.2) is 0 Å². The van der Waals surface area contributed by atoms with E-state index in [1.54, 1.807) is 0 Å². The van der Waals surface area contributed by atoms with E-state index in [0.29, 0.717) is 6.61 Å². The number of hydrogen-bond acceptors (Lipinski definition) is 2. The van der Waals surface area contributed by atoms with Crippen molar-refractivity contribution in [1.29, 1.82) is 0 Å². The smallest absolute Gasteiger partial charge is 0.247 e. The summed E-state index contributed by atoms with van der Waals surface area (Å²) in [5.74, 6) is 0.769. The Hall–Kier alpha value is -3.53. The molecule has 0 bridgehead atoms. The highest BCUT2D eigenvalue weighted by Gasteiger charge is 2.18. The van der Waals surface area contributed by atoms with Gasteiger partial charge in [-0.1, -0.05) is 55.5 Å². The number of anilines is 1. The fourth-order valence-corrected chi connectivity index (χ4v) is 3.56. The molecule has 4 heteroatoms. The van der Waals surface area contributed by atoms with Gasteiger partial charge in [0.05, 0.1) is 5.52 Å². The van der Waals surface area contributed by atoms with Crippen molar-refractivity contribution in [3.63, 3.8) is 0 Å². The Balaban J connectivity index is 1.51. The van der Waals surface area contributed by atoms with Crippen LogP contribution < -0.4 is 10.1 Å². The molecule has 152 valence electrons. The number of aromatic nitrogens is 1. The number of ether oxygens (including phenoxy) is 1. The van der Waals surface area contributed by atoms with E-state index < -0.39 is 0 Å². The molecule has 1 heterocycles. The average molecular weight is 399 g/mol. The quantitative estimate of drug-likeness (QED) is 0.416. The first-order chi connectivity index (χ1) is 14.7. The summed E-state index contributed by atoms with van der Waals surface area (Å²) in [7, 11) is 0. The molecule has 3 aromatic carbocycles. The molecule has 1 unspecified atom stereocenters. The van der Waals surface area contributed by atoms with Crippen LogP contribution in [-0.4, -0.2) is 10.5 Å².